The molecular formula is C22H21FN8S. The van der Waals surface area contributed by atoms with Crippen LogP contribution in [-0.2, 0) is 0 Å². The number of hydrogen-bond donors (Lipinski definition) is 2. The molecule has 1 saturated heterocycles. The Morgan fingerprint density at radius 3 is 2.78 bits per heavy atom. The standard InChI is InChI=1S/C22H21FN8S/c23-17-9-13(30-6-3-25-4-7-30)1-2-14(17)19-16-10-15(18-11-32-12-27-18)20-26-5-8-31(20)21(16)29-22(24)28-19/h1-2,9-12,25H,3-8H2,(H2,24,28,29). The van der Waals surface area contributed by atoms with Gasteiger partial charge < -0.3 is 20.9 Å². The third kappa shape index (κ3) is 3.14. The first-order valence-electron chi connectivity index (χ1n) is 10.5. The lowest BCUT2D eigenvalue weighted by Crippen LogP contribution is -2.43. The molecule has 8 nitrogen and oxygen atoms in total. The molecule has 0 aliphatic carbocycles. The zero-order valence-electron chi connectivity index (χ0n) is 17.3. The second kappa shape index (κ2) is 7.64. The number of hydrogen-bond acceptors (Lipinski definition) is 9. The van der Waals surface area contributed by atoms with Crippen molar-refractivity contribution in [1.29, 1.82) is 0 Å². The highest BCUT2D eigenvalue weighted by Gasteiger charge is 2.33. The lowest BCUT2D eigenvalue weighted by Gasteiger charge is -2.30. The van der Waals surface area contributed by atoms with Gasteiger partial charge in [-0.3, -0.25) is 4.99 Å². The molecule has 0 unspecified atom stereocenters. The first kappa shape index (κ1) is 19.3. The molecule has 32 heavy (non-hydrogen) atoms. The molecule has 0 atom stereocenters. The van der Waals surface area contributed by atoms with Crippen LogP contribution in [0.4, 0.5) is 21.8 Å². The normalized spacial score (nSPS) is 17.7. The number of nitrogen functional groups attached to an aromatic ring is 1. The van der Waals surface area contributed by atoms with Crippen molar-refractivity contribution in [3.05, 3.63) is 46.2 Å². The van der Waals surface area contributed by atoms with Crippen LogP contribution >= 0.6 is 11.3 Å². The maximum Gasteiger partial charge on any atom is 0.222 e. The van der Waals surface area contributed by atoms with Crippen LogP contribution in [0.25, 0.3) is 22.9 Å². The third-order valence-corrected chi connectivity index (χ3v) is 6.55. The van der Waals surface area contributed by atoms with Gasteiger partial charge in [-0.1, -0.05) is 0 Å². The van der Waals surface area contributed by atoms with E-state index in [9.17, 15) is 0 Å². The topological polar surface area (TPSA) is 95.6 Å². The highest BCUT2D eigenvalue weighted by atomic mass is 32.1. The van der Waals surface area contributed by atoms with E-state index >= 15 is 4.39 Å². The summed E-state index contributed by atoms with van der Waals surface area (Å²) in [5.41, 5.74) is 12.1. The van der Waals surface area contributed by atoms with Gasteiger partial charge in [0.05, 0.1) is 23.4 Å². The maximum absolute atomic E-state index is 15.4. The summed E-state index contributed by atoms with van der Waals surface area (Å²) in [7, 11) is 0. The summed E-state index contributed by atoms with van der Waals surface area (Å²) < 4.78 is 15.4. The first-order valence-corrected chi connectivity index (χ1v) is 11.5. The quantitative estimate of drug-likeness (QED) is 0.636. The number of aliphatic imine (C=N–C) groups is 1. The molecular weight excluding hydrogens is 427 g/mol. The summed E-state index contributed by atoms with van der Waals surface area (Å²) in [6.45, 7) is 4.83. The number of fused-ring (bicyclic) bond motifs is 3. The number of benzene rings is 1. The number of halogens is 1. The van der Waals surface area contributed by atoms with Gasteiger partial charge >= 0.3 is 0 Å². The van der Waals surface area contributed by atoms with E-state index in [1.54, 1.807) is 17.6 Å². The van der Waals surface area contributed by atoms with Crippen molar-refractivity contribution in [1.82, 2.24) is 20.3 Å². The molecule has 0 amide bonds. The van der Waals surface area contributed by atoms with Gasteiger partial charge in [-0.2, -0.15) is 4.98 Å². The summed E-state index contributed by atoms with van der Waals surface area (Å²) in [6.07, 6.45) is 1.96. The first-order chi connectivity index (χ1) is 15.7. The Balaban J connectivity index is 1.49. The Morgan fingerprint density at radius 1 is 1.12 bits per heavy atom. The largest absolute Gasteiger partial charge is 0.369 e. The van der Waals surface area contributed by atoms with E-state index in [0.717, 1.165) is 54.5 Å². The molecule has 0 bridgehead atoms. The number of piperazine rings is 1. The minimum Gasteiger partial charge on any atom is -0.369 e. The monoisotopic (exact) mass is 448 g/mol. The van der Waals surface area contributed by atoms with Crippen LogP contribution in [0.5, 0.6) is 0 Å². The fraction of sp³-hybridized carbons (Fsp3) is 0.273. The van der Waals surface area contributed by atoms with Gasteiger partial charge in [0.1, 0.15) is 17.5 Å². The number of nitrogens with zero attached hydrogens (tertiary/aromatic N) is 6. The van der Waals surface area contributed by atoms with Gasteiger partial charge in [0.25, 0.3) is 0 Å². The molecule has 2 aromatic heterocycles. The van der Waals surface area contributed by atoms with Crippen LogP contribution in [0, 0.1) is 5.82 Å². The molecule has 3 aliphatic rings. The number of rotatable bonds is 3. The van der Waals surface area contributed by atoms with Gasteiger partial charge in [0.2, 0.25) is 5.95 Å². The summed E-state index contributed by atoms with van der Waals surface area (Å²) >= 11 is 1.52. The predicted molar refractivity (Wildman–Crippen MR) is 127 cm³/mol. The SMILES string of the molecule is Nc1nc(-c2ccc(N3CCNCC3)cc2F)c2c(n1)N1CCN=C1C(c1cscn1)=C2. The molecule has 0 spiro atoms. The molecule has 1 fully saturated rings. The average molecular weight is 449 g/mol. The van der Waals surface area contributed by atoms with Gasteiger partial charge in [0, 0.05) is 60.5 Å². The average Bonchev–Trinajstić information content (AvgIpc) is 3.51. The molecule has 162 valence electrons. The molecule has 0 saturated carbocycles. The highest BCUT2D eigenvalue weighted by molar-refractivity contribution is 7.07. The minimum absolute atomic E-state index is 0.112. The van der Waals surface area contributed by atoms with Crippen LogP contribution in [0.1, 0.15) is 11.3 Å². The van der Waals surface area contributed by atoms with Gasteiger partial charge in [0.15, 0.2) is 0 Å². The summed E-state index contributed by atoms with van der Waals surface area (Å²) in [5, 5.41) is 5.30. The number of thiazole rings is 1. The molecule has 3 aromatic rings. The maximum atomic E-state index is 15.4. The smallest absolute Gasteiger partial charge is 0.222 e. The molecule has 3 N–H and O–H groups in total. The van der Waals surface area contributed by atoms with E-state index in [2.05, 4.69) is 30.2 Å². The molecule has 5 heterocycles. The van der Waals surface area contributed by atoms with Crippen LogP contribution < -0.4 is 20.9 Å². The van der Waals surface area contributed by atoms with E-state index in [0.29, 0.717) is 30.2 Å². The van der Waals surface area contributed by atoms with Crippen LogP contribution in [0.15, 0.2) is 34.1 Å². The molecule has 3 aliphatic heterocycles. The summed E-state index contributed by atoms with van der Waals surface area (Å²) in [5.74, 6) is 1.27. The zero-order valence-corrected chi connectivity index (χ0v) is 18.1. The second-order valence-corrected chi connectivity index (χ2v) is 8.58. The number of amidine groups is 1. The highest BCUT2D eigenvalue weighted by Crippen LogP contribution is 2.40. The number of anilines is 3. The van der Waals surface area contributed by atoms with Gasteiger partial charge in [-0.05, 0) is 24.3 Å². The van der Waals surface area contributed by atoms with Crippen LogP contribution in [0.3, 0.4) is 0 Å². The third-order valence-electron chi connectivity index (χ3n) is 5.97. The van der Waals surface area contributed by atoms with Crippen molar-refractivity contribution in [2.75, 3.05) is 54.8 Å². The Hall–Kier alpha value is -3.37. The fourth-order valence-corrected chi connectivity index (χ4v) is 5.01. The van der Waals surface area contributed by atoms with E-state index in [4.69, 9.17) is 5.73 Å². The molecule has 10 heteroatoms. The van der Waals surface area contributed by atoms with E-state index in [-0.39, 0.29) is 11.8 Å². The van der Waals surface area contributed by atoms with Crippen molar-refractivity contribution in [3.8, 4) is 11.3 Å². The van der Waals surface area contributed by atoms with Crippen molar-refractivity contribution in [3.63, 3.8) is 0 Å². The summed E-state index contributed by atoms with van der Waals surface area (Å²) in [6, 6.07) is 5.33. The molecule has 1 aromatic carbocycles. The van der Waals surface area contributed by atoms with Crippen molar-refractivity contribution in [2.45, 2.75) is 0 Å². The predicted octanol–water partition coefficient (Wildman–Crippen LogP) is 2.50. The number of nitrogens with one attached hydrogen (secondary N) is 1. The Labute approximate surface area is 188 Å². The van der Waals surface area contributed by atoms with Crippen LogP contribution in [-0.4, -0.2) is 60.1 Å². The lowest BCUT2D eigenvalue weighted by molar-refractivity contribution is 0.585. The van der Waals surface area contributed by atoms with Gasteiger partial charge in [-0.15, -0.1) is 11.3 Å². The lowest BCUT2D eigenvalue weighted by atomic mass is 9.98. The Kier molecular flexibility index (Phi) is 4.62. The van der Waals surface area contributed by atoms with E-state index in [1.807, 2.05) is 22.4 Å². The van der Waals surface area contributed by atoms with Gasteiger partial charge in [-0.25, -0.2) is 14.4 Å². The number of nitrogens with two attached hydrogens (primary N) is 1. The Bertz CT molecular complexity index is 1250. The van der Waals surface area contributed by atoms with Crippen LogP contribution in [0.2, 0.25) is 0 Å². The van der Waals surface area contributed by atoms with Crippen molar-refractivity contribution >= 4 is 46.3 Å². The van der Waals surface area contributed by atoms with Crippen molar-refractivity contribution in [2.24, 2.45) is 4.99 Å². The molecule has 0 radical (unpaired) electrons. The van der Waals surface area contributed by atoms with E-state index in [1.165, 1.54) is 11.3 Å². The fourth-order valence-electron chi connectivity index (χ4n) is 4.46. The van der Waals surface area contributed by atoms with E-state index < -0.39 is 0 Å². The molecule has 6 rings (SSSR count). The second-order valence-electron chi connectivity index (χ2n) is 7.86. The number of aromatic nitrogens is 3. The Morgan fingerprint density at radius 2 is 2.00 bits per heavy atom. The van der Waals surface area contributed by atoms with Crippen molar-refractivity contribution < 1.29 is 4.39 Å². The summed E-state index contributed by atoms with van der Waals surface area (Å²) in [4.78, 5) is 22.3. The minimum atomic E-state index is -0.328. The zero-order chi connectivity index (χ0) is 21.7.